The number of ether oxygens (including phenoxy) is 1. The summed E-state index contributed by atoms with van der Waals surface area (Å²) in [5.74, 6) is 0.615. The van der Waals surface area contributed by atoms with Gasteiger partial charge in [-0.05, 0) is 79.6 Å². The predicted octanol–water partition coefficient (Wildman–Crippen LogP) is 8.21. The average Bonchev–Trinajstić information content (AvgIpc) is 3.19. The SMILES string of the molecule is CC(C)(C)OC(=O)Nc1cc2ccc(C#N)cc2n1Cc1cc(Sc2ccccc2)cc2ccccc12. The molecule has 6 heteroatoms. The lowest BCUT2D eigenvalue weighted by Gasteiger charge is -2.20. The Morgan fingerprint density at radius 3 is 2.43 bits per heavy atom. The highest BCUT2D eigenvalue weighted by atomic mass is 32.2. The van der Waals surface area contributed by atoms with Crippen LogP contribution in [0.25, 0.3) is 21.7 Å². The second-order valence-electron chi connectivity index (χ2n) is 9.85. The van der Waals surface area contributed by atoms with Crippen molar-refractivity contribution in [3.8, 4) is 6.07 Å². The summed E-state index contributed by atoms with van der Waals surface area (Å²) in [7, 11) is 0. The highest BCUT2D eigenvalue weighted by Gasteiger charge is 2.19. The van der Waals surface area contributed by atoms with Crippen molar-refractivity contribution in [2.45, 2.75) is 42.7 Å². The Labute approximate surface area is 220 Å². The standard InChI is InChI=1S/C31H27N3O2S/c1-31(2,3)36-30(35)33-29-18-23-14-13-21(19-32)15-28(23)34(29)20-24-17-26(37-25-10-5-4-6-11-25)16-22-9-7-8-12-27(22)24/h4-18H,20H2,1-3H3,(H,33,35). The fraction of sp³-hybridized carbons (Fsp3) is 0.161. The van der Waals surface area contributed by atoms with Gasteiger partial charge in [0.15, 0.2) is 0 Å². The second-order valence-corrected chi connectivity index (χ2v) is 11.0. The van der Waals surface area contributed by atoms with Gasteiger partial charge < -0.3 is 9.30 Å². The molecule has 1 aromatic heterocycles. The van der Waals surface area contributed by atoms with Gasteiger partial charge in [0.2, 0.25) is 0 Å². The highest BCUT2D eigenvalue weighted by Crippen LogP contribution is 2.34. The Balaban J connectivity index is 1.61. The van der Waals surface area contributed by atoms with Crippen molar-refractivity contribution in [3.63, 3.8) is 0 Å². The van der Waals surface area contributed by atoms with E-state index < -0.39 is 11.7 Å². The number of anilines is 1. The summed E-state index contributed by atoms with van der Waals surface area (Å²) < 4.78 is 7.56. The van der Waals surface area contributed by atoms with E-state index in [1.54, 1.807) is 17.8 Å². The molecule has 1 heterocycles. The normalized spacial score (nSPS) is 11.4. The molecule has 4 aromatic carbocycles. The summed E-state index contributed by atoms with van der Waals surface area (Å²) in [6.07, 6.45) is -0.518. The van der Waals surface area contributed by atoms with Crippen LogP contribution in [0.5, 0.6) is 0 Å². The van der Waals surface area contributed by atoms with Crippen molar-refractivity contribution in [1.29, 1.82) is 5.26 Å². The van der Waals surface area contributed by atoms with E-state index in [0.717, 1.165) is 32.1 Å². The maximum Gasteiger partial charge on any atom is 0.413 e. The van der Waals surface area contributed by atoms with E-state index in [0.29, 0.717) is 17.9 Å². The zero-order chi connectivity index (χ0) is 26.0. The van der Waals surface area contributed by atoms with Crippen molar-refractivity contribution in [1.82, 2.24) is 4.57 Å². The summed E-state index contributed by atoms with van der Waals surface area (Å²) in [5, 5.41) is 15.7. The molecular weight excluding hydrogens is 478 g/mol. The zero-order valence-electron chi connectivity index (χ0n) is 21.0. The first-order valence-electron chi connectivity index (χ1n) is 12.1. The first kappa shape index (κ1) is 24.5. The Kier molecular flexibility index (Phi) is 6.64. The third-order valence-electron chi connectivity index (χ3n) is 5.89. The van der Waals surface area contributed by atoms with Crippen LogP contribution in [-0.4, -0.2) is 16.3 Å². The molecule has 0 aliphatic carbocycles. The summed E-state index contributed by atoms with van der Waals surface area (Å²) in [6.45, 7) is 6.02. The quantitative estimate of drug-likeness (QED) is 0.261. The molecule has 5 nitrogen and oxygen atoms in total. The van der Waals surface area contributed by atoms with Crippen molar-refractivity contribution in [3.05, 3.63) is 102 Å². The lowest BCUT2D eigenvalue weighted by Crippen LogP contribution is -2.28. The number of nitrogens with one attached hydrogen (secondary N) is 1. The molecular formula is C31H27N3O2S. The van der Waals surface area contributed by atoms with Crippen LogP contribution in [0.15, 0.2) is 101 Å². The predicted molar refractivity (Wildman–Crippen MR) is 150 cm³/mol. The van der Waals surface area contributed by atoms with E-state index in [1.807, 2.05) is 73.9 Å². The minimum Gasteiger partial charge on any atom is -0.444 e. The van der Waals surface area contributed by atoms with Crippen LogP contribution in [0.3, 0.4) is 0 Å². The molecule has 0 aliphatic heterocycles. The number of benzene rings is 4. The van der Waals surface area contributed by atoms with Gasteiger partial charge in [0, 0.05) is 15.2 Å². The molecule has 0 unspecified atom stereocenters. The summed E-state index contributed by atoms with van der Waals surface area (Å²) in [4.78, 5) is 15.0. The monoisotopic (exact) mass is 505 g/mol. The van der Waals surface area contributed by atoms with Crippen molar-refractivity contribution in [2.75, 3.05) is 5.32 Å². The number of hydrogen-bond donors (Lipinski definition) is 1. The van der Waals surface area contributed by atoms with Gasteiger partial charge in [-0.1, -0.05) is 60.3 Å². The third kappa shape index (κ3) is 5.63. The van der Waals surface area contributed by atoms with Gasteiger partial charge in [-0.15, -0.1) is 0 Å². The molecule has 1 N–H and O–H groups in total. The highest BCUT2D eigenvalue weighted by molar-refractivity contribution is 7.99. The number of hydrogen-bond acceptors (Lipinski definition) is 4. The molecule has 5 aromatic rings. The van der Waals surface area contributed by atoms with E-state index in [1.165, 1.54) is 4.90 Å². The van der Waals surface area contributed by atoms with E-state index >= 15 is 0 Å². The van der Waals surface area contributed by atoms with Crippen LogP contribution >= 0.6 is 11.8 Å². The number of aromatic nitrogens is 1. The number of nitrogens with zero attached hydrogens (tertiary/aromatic N) is 2. The number of fused-ring (bicyclic) bond motifs is 2. The molecule has 0 aliphatic rings. The molecule has 0 saturated heterocycles. The number of amides is 1. The number of rotatable bonds is 5. The van der Waals surface area contributed by atoms with Gasteiger partial charge >= 0.3 is 6.09 Å². The van der Waals surface area contributed by atoms with Gasteiger partial charge in [-0.3, -0.25) is 5.32 Å². The molecule has 0 fully saturated rings. The van der Waals surface area contributed by atoms with E-state index in [2.05, 4.69) is 47.8 Å². The van der Waals surface area contributed by atoms with Gasteiger partial charge in [-0.2, -0.15) is 5.26 Å². The average molecular weight is 506 g/mol. The lowest BCUT2D eigenvalue weighted by molar-refractivity contribution is 0.0635. The molecule has 0 saturated carbocycles. The maximum atomic E-state index is 12.7. The minimum absolute atomic E-state index is 0.507. The Morgan fingerprint density at radius 2 is 1.68 bits per heavy atom. The van der Waals surface area contributed by atoms with Crippen molar-refractivity contribution >= 4 is 45.3 Å². The number of carbonyl (C=O) groups excluding carboxylic acids is 1. The minimum atomic E-state index is -0.617. The van der Waals surface area contributed by atoms with Crippen molar-refractivity contribution < 1.29 is 9.53 Å². The topological polar surface area (TPSA) is 67.0 Å². The van der Waals surface area contributed by atoms with E-state index in [9.17, 15) is 10.1 Å². The van der Waals surface area contributed by atoms with E-state index in [4.69, 9.17) is 4.74 Å². The van der Waals surface area contributed by atoms with Crippen LogP contribution in [0.4, 0.5) is 10.6 Å². The maximum absolute atomic E-state index is 12.7. The third-order valence-corrected chi connectivity index (χ3v) is 6.87. The van der Waals surface area contributed by atoms with Gasteiger partial charge in [-0.25, -0.2) is 4.79 Å². The second kappa shape index (κ2) is 10.0. The van der Waals surface area contributed by atoms with Crippen LogP contribution in [0.2, 0.25) is 0 Å². The molecule has 0 radical (unpaired) electrons. The van der Waals surface area contributed by atoms with E-state index in [-0.39, 0.29) is 0 Å². The lowest BCUT2D eigenvalue weighted by atomic mass is 10.0. The van der Waals surface area contributed by atoms with Gasteiger partial charge in [0.25, 0.3) is 0 Å². The van der Waals surface area contributed by atoms with Crippen LogP contribution < -0.4 is 5.32 Å². The molecule has 1 amide bonds. The van der Waals surface area contributed by atoms with Gasteiger partial charge in [0.1, 0.15) is 11.4 Å². The number of nitriles is 1. The molecule has 5 rings (SSSR count). The molecule has 0 atom stereocenters. The van der Waals surface area contributed by atoms with Crippen molar-refractivity contribution in [2.24, 2.45) is 0 Å². The zero-order valence-corrected chi connectivity index (χ0v) is 21.8. The Bertz CT molecular complexity index is 1640. The Morgan fingerprint density at radius 1 is 0.919 bits per heavy atom. The Hall–Kier alpha value is -4.21. The summed E-state index contributed by atoms with van der Waals surface area (Å²) in [5.41, 5.74) is 1.93. The number of carbonyl (C=O) groups is 1. The largest absolute Gasteiger partial charge is 0.444 e. The van der Waals surface area contributed by atoms with Crippen LogP contribution in [0.1, 0.15) is 31.9 Å². The van der Waals surface area contributed by atoms with Gasteiger partial charge in [0.05, 0.1) is 23.7 Å². The smallest absolute Gasteiger partial charge is 0.413 e. The first-order valence-corrected chi connectivity index (χ1v) is 12.9. The fourth-order valence-corrected chi connectivity index (χ4v) is 5.30. The molecule has 0 bridgehead atoms. The molecule has 37 heavy (non-hydrogen) atoms. The molecule has 0 spiro atoms. The summed E-state index contributed by atoms with van der Waals surface area (Å²) in [6, 6.07) is 32.7. The van der Waals surface area contributed by atoms with Crippen LogP contribution in [-0.2, 0) is 11.3 Å². The van der Waals surface area contributed by atoms with Crippen LogP contribution in [0, 0.1) is 11.3 Å². The molecule has 184 valence electrons. The first-order chi connectivity index (χ1) is 17.8. The summed E-state index contributed by atoms with van der Waals surface area (Å²) >= 11 is 1.72. The fourth-order valence-electron chi connectivity index (χ4n) is 4.35.